The average molecular weight is 409 g/mol. The van der Waals surface area contributed by atoms with E-state index in [9.17, 15) is 13.2 Å². The van der Waals surface area contributed by atoms with Gasteiger partial charge in [0.2, 0.25) is 5.96 Å². The van der Waals surface area contributed by atoms with Gasteiger partial charge in [0.15, 0.2) is 4.74 Å². The largest absolute Gasteiger partial charge is 0.573 e. The number of nitrogens with one attached hydrogen (secondary N) is 3. The maximum atomic E-state index is 12.1. The SMILES string of the molecule is N=C(Br)/N=C(/NCC1CCOC1)Nc1ccc(OC(F)(F)F)cc1. The number of anilines is 1. The standard InChI is InChI=1S/C14H16BrF3N4O2/c15-12(19)22-13(20-7-9-5-6-23-8-9)21-10-1-3-11(4-2-10)24-14(16,17)18/h1-4,9H,5-8H2,(H3,19,20,21,22). The molecule has 1 saturated heterocycles. The van der Waals surface area contributed by atoms with E-state index in [0.717, 1.165) is 13.0 Å². The molecule has 1 aromatic rings. The Morgan fingerprint density at radius 2 is 2.08 bits per heavy atom. The highest BCUT2D eigenvalue weighted by Gasteiger charge is 2.30. The number of alkyl halides is 3. The van der Waals surface area contributed by atoms with Gasteiger partial charge in [-0.3, -0.25) is 5.41 Å². The van der Waals surface area contributed by atoms with Crippen molar-refractivity contribution in [2.45, 2.75) is 12.8 Å². The van der Waals surface area contributed by atoms with E-state index < -0.39 is 6.36 Å². The predicted octanol–water partition coefficient (Wildman–Crippen LogP) is 3.31. The van der Waals surface area contributed by atoms with Crippen molar-refractivity contribution in [3.05, 3.63) is 24.3 Å². The van der Waals surface area contributed by atoms with Crippen LogP contribution in [0.2, 0.25) is 0 Å². The Morgan fingerprint density at radius 3 is 2.62 bits per heavy atom. The quantitative estimate of drug-likeness (QED) is 0.405. The zero-order chi connectivity index (χ0) is 17.6. The Balaban J connectivity index is 1.96. The molecule has 0 saturated carbocycles. The van der Waals surface area contributed by atoms with Crippen LogP contribution in [0.3, 0.4) is 0 Å². The molecule has 0 spiro atoms. The summed E-state index contributed by atoms with van der Waals surface area (Å²) >= 11 is 2.93. The topological polar surface area (TPSA) is 78.7 Å². The van der Waals surface area contributed by atoms with Gasteiger partial charge in [-0.1, -0.05) is 0 Å². The van der Waals surface area contributed by atoms with Gasteiger partial charge in [0, 0.05) is 24.8 Å². The van der Waals surface area contributed by atoms with Gasteiger partial charge in [-0.25, -0.2) is 0 Å². The fourth-order valence-electron chi connectivity index (χ4n) is 2.07. The monoisotopic (exact) mass is 408 g/mol. The number of halogens is 4. The highest BCUT2D eigenvalue weighted by atomic mass is 79.9. The Morgan fingerprint density at radius 1 is 1.38 bits per heavy atom. The molecule has 2 rings (SSSR count). The predicted molar refractivity (Wildman–Crippen MR) is 87.8 cm³/mol. The van der Waals surface area contributed by atoms with Gasteiger partial charge in [0.05, 0.1) is 6.61 Å². The highest BCUT2D eigenvalue weighted by Crippen LogP contribution is 2.24. The lowest BCUT2D eigenvalue weighted by Gasteiger charge is -2.15. The lowest BCUT2D eigenvalue weighted by Crippen LogP contribution is -2.35. The summed E-state index contributed by atoms with van der Waals surface area (Å²) in [6, 6.07) is 5.24. The number of rotatable bonds is 4. The minimum atomic E-state index is -4.72. The van der Waals surface area contributed by atoms with E-state index in [1.807, 2.05) is 0 Å². The summed E-state index contributed by atoms with van der Waals surface area (Å²) in [4.78, 5) is 3.96. The van der Waals surface area contributed by atoms with Gasteiger partial charge in [0.1, 0.15) is 5.75 Å². The van der Waals surface area contributed by atoms with Crippen molar-refractivity contribution in [2.24, 2.45) is 10.9 Å². The number of nitrogens with zero attached hydrogens (tertiary/aromatic N) is 1. The zero-order valence-electron chi connectivity index (χ0n) is 12.5. The molecular formula is C14H16BrF3N4O2. The molecule has 1 heterocycles. The van der Waals surface area contributed by atoms with Crippen molar-refractivity contribution in [1.29, 1.82) is 5.41 Å². The first-order chi connectivity index (χ1) is 11.3. The molecule has 6 nitrogen and oxygen atoms in total. The summed E-state index contributed by atoms with van der Waals surface area (Å²) in [7, 11) is 0. The van der Waals surface area contributed by atoms with Crippen LogP contribution in [-0.2, 0) is 4.74 Å². The smallest absolute Gasteiger partial charge is 0.406 e. The lowest BCUT2D eigenvalue weighted by atomic mass is 10.1. The van der Waals surface area contributed by atoms with Crippen LogP contribution in [0, 0.1) is 11.3 Å². The van der Waals surface area contributed by atoms with Crippen molar-refractivity contribution in [2.75, 3.05) is 25.1 Å². The van der Waals surface area contributed by atoms with Crippen LogP contribution in [0.5, 0.6) is 5.75 Å². The molecule has 1 atom stereocenters. The van der Waals surface area contributed by atoms with E-state index in [-0.39, 0.29) is 10.5 Å². The summed E-state index contributed by atoms with van der Waals surface area (Å²) in [6.45, 7) is 2.00. The van der Waals surface area contributed by atoms with E-state index in [1.54, 1.807) is 0 Å². The van der Waals surface area contributed by atoms with Gasteiger partial charge in [-0.2, -0.15) is 4.99 Å². The second kappa shape index (κ2) is 8.34. The second-order valence-electron chi connectivity index (χ2n) is 5.06. The van der Waals surface area contributed by atoms with E-state index in [4.69, 9.17) is 10.1 Å². The molecule has 1 aliphatic heterocycles. The van der Waals surface area contributed by atoms with Gasteiger partial charge in [-0.05, 0) is 46.6 Å². The fraction of sp³-hybridized carbons (Fsp3) is 0.429. The maximum Gasteiger partial charge on any atom is 0.573 e. The molecule has 1 unspecified atom stereocenters. The summed E-state index contributed by atoms with van der Waals surface area (Å²) in [6.07, 6.45) is -3.78. The molecule has 24 heavy (non-hydrogen) atoms. The molecule has 3 N–H and O–H groups in total. The normalized spacial score (nSPS) is 18.3. The first-order valence-corrected chi connectivity index (χ1v) is 7.88. The first-order valence-electron chi connectivity index (χ1n) is 7.09. The summed E-state index contributed by atoms with van der Waals surface area (Å²) in [5, 5.41) is 13.4. The Labute approximate surface area is 145 Å². The van der Waals surface area contributed by atoms with Crippen LogP contribution < -0.4 is 15.4 Å². The number of amidine groups is 1. The number of ether oxygens (including phenoxy) is 2. The van der Waals surface area contributed by atoms with E-state index in [2.05, 4.69) is 36.3 Å². The average Bonchev–Trinajstić information content (AvgIpc) is 2.98. The number of hydrogen-bond acceptors (Lipinski definition) is 3. The molecule has 132 valence electrons. The molecule has 10 heteroatoms. The third-order valence-corrected chi connectivity index (χ3v) is 3.32. The third-order valence-electron chi connectivity index (χ3n) is 3.14. The van der Waals surface area contributed by atoms with Gasteiger partial charge >= 0.3 is 6.36 Å². The minimum absolute atomic E-state index is 0.0859. The Hall–Kier alpha value is -1.81. The van der Waals surface area contributed by atoms with Crippen LogP contribution >= 0.6 is 15.9 Å². The summed E-state index contributed by atoms with van der Waals surface area (Å²) in [5.74, 6) is 0.355. The maximum absolute atomic E-state index is 12.1. The molecule has 0 aromatic heterocycles. The Bertz CT molecular complexity index is 587. The molecule has 0 bridgehead atoms. The molecule has 1 aromatic carbocycles. The van der Waals surface area contributed by atoms with Gasteiger partial charge in [-0.15, -0.1) is 13.2 Å². The molecule has 0 radical (unpaired) electrons. The summed E-state index contributed by atoms with van der Waals surface area (Å²) < 4.78 is 45.4. The fourth-order valence-corrected chi connectivity index (χ4v) is 2.25. The number of guanidine groups is 1. The van der Waals surface area contributed by atoms with E-state index >= 15 is 0 Å². The van der Waals surface area contributed by atoms with Crippen LogP contribution in [0.1, 0.15) is 6.42 Å². The van der Waals surface area contributed by atoms with Crippen LogP contribution in [0.25, 0.3) is 0 Å². The van der Waals surface area contributed by atoms with E-state index in [1.165, 1.54) is 24.3 Å². The Kier molecular flexibility index (Phi) is 6.44. The first kappa shape index (κ1) is 18.5. The highest BCUT2D eigenvalue weighted by molar-refractivity contribution is 9.18. The van der Waals surface area contributed by atoms with Crippen LogP contribution in [0.15, 0.2) is 29.3 Å². The molecule has 0 amide bonds. The van der Waals surface area contributed by atoms with Crippen molar-refractivity contribution in [1.82, 2.24) is 5.32 Å². The van der Waals surface area contributed by atoms with Crippen molar-refractivity contribution >= 4 is 32.3 Å². The molecule has 1 fully saturated rings. The van der Waals surface area contributed by atoms with Gasteiger partial charge < -0.3 is 20.1 Å². The molecule has 1 aliphatic rings. The van der Waals surface area contributed by atoms with Crippen molar-refractivity contribution in [3.8, 4) is 5.75 Å². The number of hydrogen-bond donors (Lipinski definition) is 3. The second-order valence-corrected chi connectivity index (χ2v) is 5.81. The molecular weight excluding hydrogens is 393 g/mol. The molecule has 0 aliphatic carbocycles. The lowest BCUT2D eigenvalue weighted by molar-refractivity contribution is -0.274. The van der Waals surface area contributed by atoms with Gasteiger partial charge in [0.25, 0.3) is 0 Å². The van der Waals surface area contributed by atoms with Crippen molar-refractivity contribution in [3.63, 3.8) is 0 Å². The van der Waals surface area contributed by atoms with Crippen molar-refractivity contribution < 1.29 is 22.6 Å². The summed E-state index contributed by atoms with van der Waals surface area (Å²) in [5.41, 5.74) is 0.507. The minimum Gasteiger partial charge on any atom is -0.406 e. The number of benzene rings is 1. The van der Waals surface area contributed by atoms with Crippen LogP contribution in [-0.4, -0.2) is 36.8 Å². The van der Waals surface area contributed by atoms with Crippen LogP contribution in [0.4, 0.5) is 18.9 Å². The van der Waals surface area contributed by atoms with E-state index in [0.29, 0.717) is 30.7 Å². The number of aliphatic imine (C=N–C) groups is 1. The third kappa shape index (κ3) is 6.75. The zero-order valence-corrected chi connectivity index (χ0v) is 14.1.